The number of rotatable bonds is 4. The van der Waals surface area contributed by atoms with Gasteiger partial charge >= 0.3 is 5.97 Å². The van der Waals surface area contributed by atoms with E-state index in [9.17, 15) is 9.59 Å². The first kappa shape index (κ1) is 18.8. The Kier molecular flexibility index (Phi) is 4.77. The lowest BCUT2D eigenvalue weighted by Crippen LogP contribution is -2.30. The Balaban J connectivity index is 1.48. The number of carbonyl (C=O) groups excluding carboxylic acids is 2. The van der Waals surface area contributed by atoms with Crippen molar-refractivity contribution in [1.82, 2.24) is 0 Å². The Morgan fingerprint density at radius 3 is 2.39 bits per heavy atom. The summed E-state index contributed by atoms with van der Waals surface area (Å²) in [7, 11) is 0. The first-order valence-corrected chi connectivity index (χ1v) is 9.94. The molecule has 0 N–H and O–H groups in total. The number of anilines is 1. The molecule has 1 heterocycles. The first-order valence-electron chi connectivity index (χ1n) is 9.94. The second-order valence-electron chi connectivity index (χ2n) is 7.23. The van der Waals surface area contributed by atoms with Crippen molar-refractivity contribution in [3.63, 3.8) is 0 Å². The Hall–Kier alpha value is -4.25. The molecule has 4 aromatic carbocycles. The summed E-state index contributed by atoms with van der Waals surface area (Å²) >= 11 is 0. The Labute approximate surface area is 179 Å². The normalized spacial score (nSPS) is 14.1. The van der Waals surface area contributed by atoms with E-state index < -0.39 is 5.97 Å². The van der Waals surface area contributed by atoms with Gasteiger partial charge in [-0.1, -0.05) is 84.0 Å². The highest BCUT2D eigenvalue weighted by molar-refractivity contribution is 6.54. The molecule has 1 amide bonds. The molecular weight excluding hydrogens is 388 g/mol. The highest BCUT2D eigenvalue weighted by atomic mass is 16.7. The standard InChI is InChI=1S/C26H18N2O3/c29-25-24(27-31-26(30)19-10-2-1-3-11-19)22-15-6-7-16-23(22)28(25)17-20-13-8-12-18-9-4-5-14-21(18)20/h1-16H,17H2/b27-24+. The van der Waals surface area contributed by atoms with E-state index in [1.54, 1.807) is 29.2 Å². The van der Waals surface area contributed by atoms with Gasteiger partial charge in [0, 0.05) is 5.56 Å². The molecule has 0 radical (unpaired) electrons. The molecule has 0 unspecified atom stereocenters. The van der Waals surface area contributed by atoms with Crippen molar-refractivity contribution >= 4 is 34.0 Å². The third kappa shape index (κ3) is 3.46. The van der Waals surface area contributed by atoms with E-state index in [-0.39, 0.29) is 11.6 Å². The van der Waals surface area contributed by atoms with Crippen LogP contribution in [0.1, 0.15) is 21.5 Å². The number of hydrogen-bond donors (Lipinski definition) is 0. The van der Waals surface area contributed by atoms with Crippen LogP contribution in [0.15, 0.2) is 102 Å². The third-order valence-corrected chi connectivity index (χ3v) is 5.34. The molecular formula is C26H18N2O3. The van der Waals surface area contributed by atoms with Crippen LogP contribution >= 0.6 is 0 Å². The third-order valence-electron chi connectivity index (χ3n) is 5.34. The molecule has 5 rings (SSSR count). The smallest absolute Gasteiger partial charge is 0.312 e. The van der Waals surface area contributed by atoms with E-state index >= 15 is 0 Å². The van der Waals surface area contributed by atoms with Gasteiger partial charge in [0.15, 0.2) is 5.71 Å². The summed E-state index contributed by atoms with van der Waals surface area (Å²) in [6.45, 7) is 0.392. The van der Waals surface area contributed by atoms with Gasteiger partial charge in [0.25, 0.3) is 5.91 Å². The molecule has 0 aliphatic carbocycles. The lowest BCUT2D eigenvalue weighted by Gasteiger charge is -2.18. The van der Waals surface area contributed by atoms with E-state index in [2.05, 4.69) is 17.3 Å². The molecule has 31 heavy (non-hydrogen) atoms. The van der Waals surface area contributed by atoms with Crippen LogP contribution < -0.4 is 4.90 Å². The molecule has 1 aliphatic rings. The summed E-state index contributed by atoms with van der Waals surface area (Å²) in [6, 6.07) is 30.1. The molecule has 0 spiro atoms. The van der Waals surface area contributed by atoms with Gasteiger partial charge in [-0.25, -0.2) is 4.79 Å². The second kappa shape index (κ2) is 7.88. The summed E-state index contributed by atoms with van der Waals surface area (Å²) in [5.41, 5.74) is 2.92. The summed E-state index contributed by atoms with van der Waals surface area (Å²) in [5.74, 6) is -0.902. The van der Waals surface area contributed by atoms with E-state index in [1.807, 2.05) is 60.7 Å². The molecule has 0 aromatic heterocycles. The second-order valence-corrected chi connectivity index (χ2v) is 7.23. The monoisotopic (exact) mass is 406 g/mol. The zero-order valence-electron chi connectivity index (χ0n) is 16.6. The Morgan fingerprint density at radius 1 is 0.806 bits per heavy atom. The number of oxime groups is 1. The van der Waals surface area contributed by atoms with Gasteiger partial charge in [-0.15, -0.1) is 0 Å². The van der Waals surface area contributed by atoms with Gasteiger partial charge in [-0.2, -0.15) is 0 Å². The molecule has 0 atom stereocenters. The van der Waals surface area contributed by atoms with Crippen LogP contribution in [0.25, 0.3) is 10.8 Å². The van der Waals surface area contributed by atoms with Crippen molar-refractivity contribution in [3.05, 3.63) is 114 Å². The van der Waals surface area contributed by atoms with Gasteiger partial charge in [0.2, 0.25) is 0 Å². The highest BCUT2D eigenvalue weighted by Gasteiger charge is 2.35. The zero-order chi connectivity index (χ0) is 21.2. The van der Waals surface area contributed by atoms with Crippen LogP contribution in [0.5, 0.6) is 0 Å². The maximum absolute atomic E-state index is 13.3. The van der Waals surface area contributed by atoms with Gasteiger partial charge in [0.05, 0.1) is 17.8 Å². The van der Waals surface area contributed by atoms with Crippen LogP contribution in [0.2, 0.25) is 0 Å². The summed E-state index contributed by atoms with van der Waals surface area (Å²) in [5, 5.41) is 6.16. The fraction of sp³-hybridized carbons (Fsp3) is 0.0385. The van der Waals surface area contributed by atoms with E-state index in [1.165, 1.54) is 0 Å². The Morgan fingerprint density at radius 2 is 1.52 bits per heavy atom. The molecule has 0 bridgehead atoms. The number of amides is 1. The van der Waals surface area contributed by atoms with E-state index in [0.717, 1.165) is 22.0 Å². The van der Waals surface area contributed by atoms with Gasteiger partial charge in [-0.05, 0) is 34.5 Å². The van der Waals surface area contributed by atoms with Crippen molar-refractivity contribution in [3.8, 4) is 0 Å². The fourth-order valence-corrected chi connectivity index (χ4v) is 3.82. The minimum atomic E-state index is -0.606. The number of benzene rings is 4. The van der Waals surface area contributed by atoms with Gasteiger partial charge < -0.3 is 9.74 Å². The van der Waals surface area contributed by atoms with Crippen LogP contribution in [-0.2, 0) is 16.2 Å². The molecule has 0 saturated carbocycles. The highest BCUT2D eigenvalue weighted by Crippen LogP contribution is 2.32. The quantitative estimate of drug-likeness (QED) is 0.356. The van der Waals surface area contributed by atoms with Crippen molar-refractivity contribution in [2.75, 3.05) is 4.90 Å². The largest absolute Gasteiger partial charge is 0.365 e. The number of hydrogen-bond acceptors (Lipinski definition) is 4. The topological polar surface area (TPSA) is 59.0 Å². The molecule has 0 saturated heterocycles. The van der Waals surface area contributed by atoms with E-state index in [4.69, 9.17) is 4.84 Å². The first-order chi connectivity index (χ1) is 15.2. The lowest BCUT2D eigenvalue weighted by atomic mass is 10.0. The number of nitrogens with zero attached hydrogens (tertiary/aromatic N) is 2. The number of carbonyl (C=O) groups is 2. The lowest BCUT2D eigenvalue weighted by molar-refractivity contribution is -0.112. The molecule has 0 fully saturated rings. The van der Waals surface area contributed by atoms with Crippen molar-refractivity contribution in [1.29, 1.82) is 0 Å². The predicted molar refractivity (Wildman–Crippen MR) is 120 cm³/mol. The van der Waals surface area contributed by atoms with Crippen LogP contribution in [0.3, 0.4) is 0 Å². The minimum Gasteiger partial charge on any atom is -0.312 e. The number of fused-ring (bicyclic) bond motifs is 2. The Bertz CT molecular complexity index is 1320. The molecule has 5 nitrogen and oxygen atoms in total. The minimum absolute atomic E-state index is 0.125. The van der Waals surface area contributed by atoms with Crippen molar-refractivity contribution in [2.45, 2.75) is 6.54 Å². The molecule has 150 valence electrons. The summed E-state index contributed by atoms with van der Waals surface area (Å²) in [4.78, 5) is 32.3. The zero-order valence-corrected chi connectivity index (χ0v) is 16.6. The maximum atomic E-state index is 13.3. The number of para-hydroxylation sites is 1. The van der Waals surface area contributed by atoms with Gasteiger partial charge in [-0.3, -0.25) is 4.79 Å². The average molecular weight is 406 g/mol. The SMILES string of the molecule is O=C(O/N=C1/C(=O)N(Cc2cccc3ccccc23)c2ccccc21)c1ccccc1. The van der Waals surface area contributed by atoms with Crippen molar-refractivity contribution in [2.24, 2.45) is 5.16 Å². The van der Waals surface area contributed by atoms with Crippen molar-refractivity contribution < 1.29 is 14.4 Å². The van der Waals surface area contributed by atoms with Crippen LogP contribution in [0, 0.1) is 0 Å². The molecule has 5 heteroatoms. The van der Waals surface area contributed by atoms with Crippen LogP contribution in [-0.4, -0.2) is 17.6 Å². The predicted octanol–water partition coefficient (Wildman–Crippen LogP) is 4.95. The molecule has 1 aliphatic heterocycles. The fourth-order valence-electron chi connectivity index (χ4n) is 3.82. The maximum Gasteiger partial charge on any atom is 0.365 e. The summed E-state index contributed by atoms with van der Waals surface area (Å²) in [6.07, 6.45) is 0. The van der Waals surface area contributed by atoms with Gasteiger partial charge in [0.1, 0.15) is 0 Å². The molecule has 4 aromatic rings. The summed E-state index contributed by atoms with van der Waals surface area (Å²) < 4.78 is 0. The van der Waals surface area contributed by atoms with E-state index in [0.29, 0.717) is 17.7 Å². The van der Waals surface area contributed by atoms with Crippen LogP contribution in [0.4, 0.5) is 5.69 Å². The average Bonchev–Trinajstić information content (AvgIpc) is 3.09.